The summed E-state index contributed by atoms with van der Waals surface area (Å²) in [5, 5.41) is 5.45. The molecule has 0 saturated heterocycles. The number of fused-ring (bicyclic) bond motifs is 1. The molecule has 0 aliphatic carbocycles. The van der Waals surface area contributed by atoms with Gasteiger partial charge in [-0.1, -0.05) is 28.9 Å². The second-order valence-electron chi connectivity index (χ2n) is 2.68. The highest BCUT2D eigenvalue weighted by molar-refractivity contribution is 6.34. The monoisotopic (exact) mass is 193 g/mol. The van der Waals surface area contributed by atoms with Gasteiger partial charge in [0.15, 0.2) is 5.58 Å². The van der Waals surface area contributed by atoms with Crippen LogP contribution in [0.4, 0.5) is 0 Å². The molecule has 0 aliphatic rings. The van der Waals surface area contributed by atoms with Gasteiger partial charge in [0.1, 0.15) is 5.69 Å². The van der Waals surface area contributed by atoms with Gasteiger partial charge in [0.05, 0.1) is 10.4 Å². The summed E-state index contributed by atoms with van der Waals surface area (Å²) in [5.41, 5.74) is 1.47. The molecular formula is C10H8ClNO. The maximum atomic E-state index is 5.91. The molecule has 2 rings (SSSR count). The number of rotatable bonds is 1. The first kappa shape index (κ1) is 8.32. The minimum atomic E-state index is 0.598. The minimum absolute atomic E-state index is 0.598. The number of hydrogen-bond donors (Lipinski definition) is 0. The fraction of sp³-hybridized carbons (Fsp3) is 0.100. The topological polar surface area (TPSA) is 26.0 Å². The molecule has 1 aromatic heterocycles. The van der Waals surface area contributed by atoms with Crippen LogP contribution in [0, 0.1) is 0 Å². The van der Waals surface area contributed by atoms with Gasteiger partial charge in [0.2, 0.25) is 0 Å². The third-order valence-electron chi connectivity index (χ3n) is 1.80. The van der Waals surface area contributed by atoms with Crippen molar-refractivity contribution in [2.75, 3.05) is 0 Å². The molecule has 0 saturated carbocycles. The second-order valence-corrected chi connectivity index (χ2v) is 3.09. The molecular weight excluding hydrogens is 186 g/mol. The van der Waals surface area contributed by atoms with Crippen molar-refractivity contribution in [2.45, 2.75) is 6.92 Å². The van der Waals surface area contributed by atoms with Gasteiger partial charge in [-0.05, 0) is 25.1 Å². The Balaban J connectivity index is 2.75. The lowest BCUT2D eigenvalue weighted by molar-refractivity contribution is 0.454. The molecule has 0 N–H and O–H groups in total. The highest BCUT2D eigenvalue weighted by atomic mass is 35.5. The fourth-order valence-corrected chi connectivity index (χ4v) is 1.43. The quantitative estimate of drug-likeness (QED) is 0.693. The maximum absolute atomic E-state index is 5.91. The average molecular weight is 194 g/mol. The lowest BCUT2D eigenvalue weighted by Gasteiger charge is -1.88. The summed E-state index contributed by atoms with van der Waals surface area (Å²) in [4.78, 5) is 0. The average Bonchev–Trinajstić information content (AvgIpc) is 2.51. The van der Waals surface area contributed by atoms with Crippen LogP contribution in [-0.2, 0) is 0 Å². The first-order valence-corrected chi connectivity index (χ1v) is 4.37. The van der Waals surface area contributed by atoms with Gasteiger partial charge in [-0.15, -0.1) is 0 Å². The van der Waals surface area contributed by atoms with E-state index in [1.165, 1.54) is 0 Å². The number of hydrogen-bond acceptors (Lipinski definition) is 2. The van der Waals surface area contributed by atoms with Crippen molar-refractivity contribution in [3.8, 4) is 0 Å². The molecule has 0 aliphatic heterocycles. The van der Waals surface area contributed by atoms with Crippen molar-refractivity contribution >= 4 is 28.6 Å². The molecule has 0 fully saturated rings. The lowest BCUT2D eigenvalue weighted by Crippen LogP contribution is -1.70. The van der Waals surface area contributed by atoms with Gasteiger partial charge in [-0.2, -0.15) is 0 Å². The van der Waals surface area contributed by atoms with E-state index in [1.54, 1.807) is 6.07 Å². The Kier molecular flexibility index (Phi) is 2.07. The van der Waals surface area contributed by atoms with Crippen LogP contribution in [0.15, 0.2) is 28.8 Å². The zero-order valence-electron chi connectivity index (χ0n) is 7.12. The van der Waals surface area contributed by atoms with E-state index in [1.807, 2.05) is 31.2 Å². The van der Waals surface area contributed by atoms with E-state index in [0.29, 0.717) is 10.6 Å². The molecule has 2 aromatic rings. The highest BCUT2D eigenvalue weighted by Gasteiger charge is 2.07. The Hall–Kier alpha value is -1.28. The predicted octanol–water partition coefficient (Wildman–Crippen LogP) is 3.51. The smallest absolute Gasteiger partial charge is 0.186 e. The van der Waals surface area contributed by atoms with E-state index in [-0.39, 0.29) is 0 Å². The zero-order chi connectivity index (χ0) is 9.26. The van der Waals surface area contributed by atoms with Crippen LogP contribution in [0.1, 0.15) is 12.6 Å². The molecule has 0 unspecified atom stereocenters. The van der Waals surface area contributed by atoms with E-state index in [4.69, 9.17) is 16.1 Å². The summed E-state index contributed by atoms with van der Waals surface area (Å²) in [5.74, 6) is 0. The Morgan fingerprint density at radius 1 is 1.46 bits per heavy atom. The summed E-state index contributed by atoms with van der Waals surface area (Å²) < 4.78 is 5.10. The molecule has 13 heavy (non-hydrogen) atoms. The lowest BCUT2D eigenvalue weighted by atomic mass is 10.2. The molecule has 0 atom stereocenters. The molecule has 2 nitrogen and oxygen atoms in total. The molecule has 0 radical (unpaired) electrons. The van der Waals surface area contributed by atoms with Gasteiger partial charge < -0.3 is 4.52 Å². The Labute approximate surface area is 80.8 Å². The number of benzene rings is 1. The van der Waals surface area contributed by atoms with Gasteiger partial charge in [-0.3, -0.25) is 0 Å². The summed E-state index contributed by atoms with van der Waals surface area (Å²) in [7, 11) is 0. The molecule has 3 heteroatoms. The van der Waals surface area contributed by atoms with E-state index in [0.717, 1.165) is 11.1 Å². The van der Waals surface area contributed by atoms with Crippen molar-refractivity contribution in [1.82, 2.24) is 5.16 Å². The summed E-state index contributed by atoms with van der Waals surface area (Å²) >= 11 is 5.91. The normalized spacial score (nSPS) is 11.5. The van der Waals surface area contributed by atoms with Gasteiger partial charge in [-0.25, -0.2) is 0 Å². The van der Waals surface area contributed by atoms with Crippen molar-refractivity contribution in [1.29, 1.82) is 0 Å². The molecule has 66 valence electrons. The molecule has 0 bridgehead atoms. The maximum Gasteiger partial charge on any atom is 0.186 e. The largest absolute Gasteiger partial charge is 0.354 e. The van der Waals surface area contributed by atoms with Crippen LogP contribution in [0.5, 0.6) is 0 Å². The number of aromatic nitrogens is 1. The predicted molar refractivity (Wildman–Crippen MR) is 53.7 cm³/mol. The number of para-hydroxylation sites is 1. The van der Waals surface area contributed by atoms with Crippen LogP contribution < -0.4 is 0 Å². The third-order valence-corrected chi connectivity index (χ3v) is 2.10. The first-order valence-electron chi connectivity index (χ1n) is 3.99. The molecule has 0 spiro atoms. The van der Waals surface area contributed by atoms with Crippen molar-refractivity contribution in [3.05, 3.63) is 35.0 Å². The van der Waals surface area contributed by atoms with E-state index >= 15 is 0 Å². The van der Waals surface area contributed by atoms with Crippen LogP contribution in [0.2, 0.25) is 5.02 Å². The molecule has 1 heterocycles. The van der Waals surface area contributed by atoms with Crippen molar-refractivity contribution in [3.63, 3.8) is 0 Å². The Morgan fingerprint density at radius 2 is 2.31 bits per heavy atom. The van der Waals surface area contributed by atoms with Gasteiger partial charge in [0.25, 0.3) is 0 Å². The molecule has 0 amide bonds. The molecule has 1 aromatic carbocycles. The van der Waals surface area contributed by atoms with Crippen LogP contribution in [0.3, 0.4) is 0 Å². The van der Waals surface area contributed by atoms with Crippen molar-refractivity contribution in [2.24, 2.45) is 0 Å². The van der Waals surface area contributed by atoms with Crippen LogP contribution in [-0.4, -0.2) is 5.16 Å². The number of halogens is 1. The fourth-order valence-electron chi connectivity index (χ4n) is 1.23. The summed E-state index contributed by atoms with van der Waals surface area (Å²) in [6, 6.07) is 5.61. The van der Waals surface area contributed by atoms with E-state index < -0.39 is 0 Å². The first-order chi connectivity index (χ1) is 6.33. The van der Waals surface area contributed by atoms with Crippen LogP contribution in [0.25, 0.3) is 17.0 Å². The van der Waals surface area contributed by atoms with E-state index in [9.17, 15) is 0 Å². The zero-order valence-corrected chi connectivity index (χ0v) is 7.88. The van der Waals surface area contributed by atoms with Crippen LogP contribution >= 0.6 is 11.6 Å². The van der Waals surface area contributed by atoms with Gasteiger partial charge >= 0.3 is 0 Å². The minimum Gasteiger partial charge on any atom is -0.354 e. The highest BCUT2D eigenvalue weighted by Crippen LogP contribution is 2.26. The number of nitrogens with zero attached hydrogens (tertiary/aromatic N) is 1. The Bertz CT molecular complexity index is 459. The SMILES string of the molecule is CC=Cc1noc2c(Cl)cccc12. The summed E-state index contributed by atoms with van der Waals surface area (Å²) in [6.07, 6.45) is 3.81. The number of allylic oxidation sites excluding steroid dienone is 1. The second kappa shape index (κ2) is 3.23. The Morgan fingerprint density at radius 3 is 3.08 bits per heavy atom. The van der Waals surface area contributed by atoms with Crippen molar-refractivity contribution < 1.29 is 4.52 Å². The standard InChI is InChI=1S/C10H8ClNO/c1-2-4-9-7-5-3-6-8(11)10(7)13-12-9/h2-6H,1H3. The summed E-state index contributed by atoms with van der Waals surface area (Å²) in [6.45, 7) is 1.94. The third kappa shape index (κ3) is 1.33. The van der Waals surface area contributed by atoms with Gasteiger partial charge in [0, 0.05) is 0 Å². The van der Waals surface area contributed by atoms with E-state index in [2.05, 4.69) is 5.16 Å².